The number of benzene rings is 3. The van der Waals surface area contributed by atoms with Gasteiger partial charge in [0.25, 0.3) is 10.0 Å². The molecule has 0 aliphatic carbocycles. The number of sulfonamides is 1. The molecule has 4 aromatic rings. The Morgan fingerprint density at radius 2 is 1.73 bits per heavy atom. The second-order valence-electron chi connectivity index (χ2n) is 9.65. The van der Waals surface area contributed by atoms with Crippen LogP contribution >= 0.6 is 11.6 Å². The lowest BCUT2D eigenvalue weighted by atomic mass is 10.0. The highest BCUT2D eigenvalue weighted by molar-refractivity contribution is 7.92. The van der Waals surface area contributed by atoms with Gasteiger partial charge in [0.05, 0.1) is 33.3 Å². The molecule has 232 valence electrons. The first-order valence-electron chi connectivity index (χ1n) is 12.6. The molecule has 0 saturated heterocycles. The van der Waals surface area contributed by atoms with Gasteiger partial charge < -0.3 is 14.4 Å². The Morgan fingerprint density at radius 3 is 2.41 bits per heavy atom. The van der Waals surface area contributed by atoms with Gasteiger partial charge in [-0.3, -0.25) is 9.10 Å². The number of alkyl halides is 6. The van der Waals surface area contributed by atoms with Gasteiger partial charge in [-0.25, -0.2) is 8.42 Å². The second kappa shape index (κ2) is 11.4. The Morgan fingerprint density at radius 1 is 1.00 bits per heavy atom. The van der Waals surface area contributed by atoms with Gasteiger partial charge in [0.15, 0.2) is 5.76 Å². The highest BCUT2D eigenvalue weighted by Crippen LogP contribution is 2.44. The molecule has 1 aliphatic rings. The average molecular weight is 661 g/mol. The minimum absolute atomic E-state index is 0.0314. The number of hydrogen-bond donors (Lipinski definition) is 1. The molecule has 1 atom stereocenters. The van der Waals surface area contributed by atoms with Crippen LogP contribution in [0.1, 0.15) is 24.0 Å². The van der Waals surface area contributed by atoms with Gasteiger partial charge in [0.1, 0.15) is 17.5 Å². The number of carboxylic acids is 1. The maximum absolute atomic E-state index is 13.7. The number of fused-ring (bicyclic) bond motifs is 1. The molecule has 3 aromatic carbocycles. The van der Waals surface area contributed by atoms with Crippen molar-refractivity contribution in [1.82, 2.24) is 5.16 Å². The molecule has 0 saturated carbocycles. The molecule has 1 aromatic heterocycles. The van der Waals surface area contributed by atoms with Gasteiger partial charge in [0.2, 0.25) is 0 Å². The standard InChI is InChI=1S/C28H19ClF6N2O6S/c29-20-6-2-5-19(28(33,34)35)26(20)21-13-24(43-36-21)15-7-9-23-22(11-15)37(14-17(42-23)8-10-25(38)39)44(40,41)18-4-1-3-16(12-18)27(30,31)32/h1-7,9,11-13,17H,8,10,14H2,(H,38,39). The number of carboxylic acid groups (broad SMARTS) is 1. The summed E-state index contributed by atoms with van der Waals surface area (Å²) in [5, 5.41) is 12.6. The highest BCUT2D eigenvalue weighted by Gasteiger charge is 2.38. The first-order chi connectivity index (χ1) is 20.6. The predicted octanol–water partition coefficient (Wildman–Crippen LogP) is 7.52. The van der Waals surface area contributed by atoms with E-state index in [1.165, 1.54) is 30.3 Å². The number of rotatable bonds is 7. The summed E-state index contributed by atoms with van der Waals surface area (Å²) >= 11 is 6.07. The van der Waals surface area contributed by atoms with Crippen LogP contribution in [0, 0.1) is 0 Å². The Labute approximate surface area is 250 Å². The third-order valence-corrected chi connectivity index (χ3v) is 8.78. The molecular weight excluding hydrogens is 642 g/mol. The smallest absolute Gasteiger partial charge is 0.417 e. The van der Waals surface area contributed by atoms with E-state index in [4.69, 9.17) is 26.0 Å². The lowest BCUT2D eigenvalue weighted by molar-refractivity contribution is -0.138. The van der Waals surface area contributed by atoms with Crippen molar-refractivity contribution in [3.05, 3.63) is 82.9 Å². The minimum Gasteiger partial charge on any atom is -0.486 e. The molecule has 0 radical (unpaired) electrons. The summed E-state index contributed by atoms with van der Waals surface area (Å²) in [5.41, 5.74) is -2.94. The molecule has 2 heterocycles. The third kappa shape index (κ3) is 6.19. The van der Waals surface area contributed by atoms with E-state index in [1.54, 1.807) is 0 Å². The van der Waals surface area contributed by atoms with Crippen molar-refractivity contribution >= 4 is 33.3 Å². The molecule has 0 amide bonds. The number of nitrogens with zero attached hydrogens (tertiary/aromatic N) is 2. The Hall–Kier alpha value is -4.24. The Balaban J connectivity index is 1.58. The topological polar surface area (TPSA) is 110 Å². The van der Waals surface area contributed by atoms with Crippen molar-refractivity contribution in [3.63, 3.8) is 0 Å². The highest BCUT2D eigenvalue weighted by atomic mass is 35.5. The van der Waals surface area contributed by atoms with E-state index >= 15 is 0 Å². The number of hydrogen-bond acceptors (Lipinski definition) is 6. The largest absolute Gasteiger partial charge is 0.486 e. The summed E-state index contributed by atoms with van der Waals surface area (Å²) in [5.74, 6) is -1.29. The Kier molecular flexibility index (Phi) is 8.05. The summed E-state index contributed by atoms with van der Waals surface area (Å²) in [4.78, 5) is 10.5. The van der Waals surface area contributed by atoms with Crippen LogP contribution in [-0.2, 0) is 27.2 Å². The van der Waals surface area contributed by atoms with Gasteiger partial charge in [0, 0.05) is 23.6 Å². The van der Waals surface area contributed by atoms with Crippen LogP contribution in [-0.4, -0.2) is 37.3 Å². The summed E-state index contributed by atoms with van der Waals surface area (Å²) in [6.45, 7) is -0.446. The SMILES string of the molecule is O=C(O)CCC1CN(S(=O)(=O)c2cccc(C(F)(F)F)c2)c2cc(-c3cc(-c4c(Cl)cccc4C(F)(F)F)no3)ccc2O1. The molecular formula is C28H19ClF6N2O6S. The Bertz CT molecular complexity index is 1840. The number of aliphatic carboxylic acids is 1. The minimum atomic E-state index is -4.83. The molecule has 1 unspecified atom stereocenters. The van der Waals surface area contributed by atoms with Crippen LogP contribution in [0.2, 0.25) is 5.02 Å². The first kappa shape index (κ1) is 31.2. The van der Waals surface area contributed by atoms with Crippen molar-refractivity contribution in [1.29, 1.82) is 0 Å². The molecule has 8 nitrogen and oxygen atoms in total. The maximum atomic E-state index is 13.7. The molecule has 0 fully saturated rings. The van der Waals surface area contributed by atoms with Crippen LogP contribution in [0.5, 0.6) is 5.75 Å². The van der Waals surface area contributed by atoms with Crippen LogP contribution in [0.15, 0.2) is 76.1 Å². The van der Waals surface area contributed by atoms with Crippen LogP contribution in [0.25, 0.3) is 22.6 Å². The number of carbonyl (C=O) groups is 1. The van der Waals surface area contributed by atoms with Gasteiger partial charge in [-0.1, -0.05) is 28.9 Å². The summed E-state index contributed by atoms with van der Waals surface area (Å²) in [6, 6.07) is 11.5. The molecule has 0 bridgehead atoms. The molecule has 44 heavy (non-hydrogen) atoms. The van der Waals surface area contributed by atoms with Crippen LogP contribution in [0.4, 0.5) is 32.0 Å². The lowest BCUT2D eigenvalue weighted by Gasteiger charge is -2.35. The van der Waals surface area contributed by atoms with E-state index in [0.717, 1.165) is 28.6 Å². The van der Waals surface area contributed by atoms with Crippen molar-refractivity contribution in [2.45, 2.75) is 36.2 Å². The fourth-order valence-electron chi connectivity index (χ4n) is 4.64. The zero-order valence-electron chi connectivity index (χ0n) is 22.0. The third-order valence-electron chi connectivity index (χ3n) is 6.69. The fourth-order valence-corrected chi connectivity index (χ4v) is 6.45. The summed E-state index contributed by atoms with van der Waals surface area (Å²) in [7, 11) is -4.68. The average Bonchev–Trinajstić information content (AvgIpc) is 3.44. The van der Waals surface area contributed by atoms with E-state index < -0.39 is 62.6 Å². The second-order valence-corrected chi connectivity index (χ2v) is 11.9. The molecule has 16 heteroatoms. The number of halogens is 7. The normalized spacial score (nSPS) is 15.5. The van der Waals surface area contributed by atoms with Gasteiger partial charge in [-0.2, -0.15) is 26.3 Å². The van der Waals surface area contributed by atoms with Crippen molar-refractivity contribution in [2.24, 2.45) is 0 Å². The van der Waals surface area contributed by atoms with Crippen molar-refractivity contribution in [2.75, 3.05) is 10.8 Å². The summed E-state index contributed by atoms with van der Waals surface area (Å²) in [6.07, 6.45) is -11.1. The van der Waals surface area contributed by atoms with Gasteiger partial charge in [-0.15, -0.1) is 0 Å². The zero-order valence-corrected chi connectivity index (χ0v) is 23.6. The molecule has 1 aliphatic heterocycles. The van der Waals surface area contributed by atoms with Crippen LogP contribution in [0.3, 0.4) is 0 Å². The lowest BCUT2D eigenvalue weighted by Crippen LogP contribution is -2.43. The van der Waals surface area contributed by atoms with E-state index in [2.05, 4.69) is 5.16 Å². The van der Waals surface area contributed by atoms with E-state index in [-0.39, 0.29) is 46.3 Å². The van der Waals surface area contributed by atoms with Gasteiger partial charge >= 0.3 is 18.3 Å². The predicted molar refractivity (Wildman–Crippen MR) is 145 cm³/mol. The number of aromatic nitrogens is 1. The quantitative estimate of drug-likeness (QED) is 0.204. The van der Waals surface area contributed by atoms with E-state index in [1.807, 2.05) is 0 Å². The molecule has 5 rings (SSSR count). The zero-order chi connectivity index (χ0) is 32.0. The number of anilines is 1. The molecule has 0 spiro atoms. The monoisotopic (exact) mass is 660 g/mol. The molecule has 1 N–H and O–H groups in total. The van der Waals surface area contributed by atoms with Gasteiger partial charge in [-0.05, 0) is 55.0 Å². The van der Waals surface area contributed by atoms with Crippen molar-refractivity contribution < 1.29 is 53.9 Å². The van der Waals surface area contributed by atoms with Crippen LogP contribution < -0.4 is 9.04 Å². The van der Waals surface area contributed by atoms with E-state index in [9.17, 15) is 39.6 Å². The fraction of sp³-hybridized carbons (Fsp3) is 0.214. The number of ether oxygens (including phenoxy) is 1. The first-order valence-corrected chi connectivity index (χ1v) is 14.4. The van der Waals surface area contributed by atoms with Crippen molar-refractivity contribution in [3.8, 4) is 28.3 Å². The van der Waals surface area contributed by atoms with E-state index in [0.29, 0.717) is 12.1 Å². The summed E-state index contributed by atoms with van der Waals surface area (Å²) < 4.78 is 121. The maximum Gasteiger partial charge on any atom is 0.417 e.